The highest BCUT2D eigenvalue weighted by Crippen LogP contribution is 2.27. The summed E-state index contributed by atoms with van der Waals surface area (Å²) in [5, 5.41) is 5.35. The van der Waals surface area contributed by atoms with Gasteiger partial charge in [0, 0.05) is 29.7 Å². The summed E-state index contributed by atoms with van der Waals surface area (Å²) in [4.78, 5) is 4.09. The summed E-state index contributed by atoms with van der Waals surface area (Å²) < 4.78 is 12.8. The summed E-state index contributed by atoms with van der Waals surface area (Å²) in [5.41, 5.74) is 8.91. The van der Waals surface area contributed by atoms with Crippen LogP contribution in [0, 0.1) is 5.82 Å². The molecule has 21 heavy (non-hydrogen) atoms. The minimum absolute atomic E-state index is 0.209. The summed E-state index contributed by atoms with van der Waals surface area (Å²) in [5.74, 6) is -0.209. The predicted molar refractivity (Wildman–Crippen MR) is 84.7 cm³/mol. The van der Waals surface area contributed by atoms with Gasteiger partial charge in [0.2, 0.25) is 0 Å². The predicted octanol–water partition coefficient (Wildman–Crippen LogP) is 3.61. The largest absolute Gasteiger partial charge is 0.397 e. The number of pyridine rings is 1. The molecule has 0 radical (unpaired) electrons. The number of hydrogen-bond donors (Lipinski definition) is 2. The molecule has 1 heterocycles. The summed E-state index contributed by atoms with van der Waals surface area (Å²) in [6.07, 6.45) is 4.35. The first kappa shape index (κ1) is 13.4. The van der Waals surface area contributed by atoms with Crippen LogP contribution in [0.2, 0.25) is 0 Å². The number of rotatable bonds is 4. The third-order valence-corrected chi connectivity index (χ3v) is 3.50. The molecule has 0 aliphatic carbocycles. The van der Waals surface area contributed by atoms with Crippen molar-refractivity contribution in [1.82, 2.24) is 4.98 Å². The number of anilines is 2. The van der Waals surface area contributed by atoms with E-state index in [-0.39, 0.29) is 5.82 Å². The monoisotopic (exact) mass is 281 g/mol. The van der Waals surface area contributed by atoms with E-state index in [1.54, 1.807) is 24.5 Å². The minimum atomic E-state index is -0.209. The van der Waals surface area contributed by atoms with Gasteiger partial charge in [0.1, 0.15) is 5.82 Å². The van der Waals surface area contributed by atoms with Gasteiger partial charge in [-0.05, 0) is 36.2 Å². The molecular weight excluding hydrogens is 265 g/mol. The Morgan fingerprint density at radius 1 is 1.05 bits per heavy atom. The maximum Gasteiger partial charge on any atom is 0.123 e. The topological polar surface area (TPSA) is 50.9 Å². The van der Waals surface area contributed by atoms with Crippen LogP contribution in [0.25, 0.3) is 10.8 Å². The molecule has 3 rings (SSSR count). The van der Waals surface area contributed by atoms with Gasteiger partial charge in [0.05, 0.1) is 11.4 Å². The summed E-state index contributed by atoms with van der Waals surface area (Å²) in [7, 11) is 0. The van der Waals surface area contributed by atoms with Crippen LogP contribution in [0.15, 0.2) is 54.9 Å². The average molecular weight is 281 g/mol. The molecule has 0 saturated carbocycles. The maximum atomic E-state index is 12.8. The van der Waals surface area contributed by atoms with Crippen molar-refractivity contribution >= 4 is 22.1 Å². The molecule has 1 aromatic heterocycles. The SMILES string of the molecule is Nc1c(NCCc2ccc(F)cc2)ccc2cnccc12. The molecule has 0 atom stereocenters. The van der Waals surface area contributed by atoms with Gasteiger partial charge in [-0.3, -0.25) is 4.98 Å². The van der Waals surface area contributed by atoms with Crippen molar-refractivity contribution in [3.8, 4) is 0 Å². The van der Waals surface area contributed by atoms with Crippen LogP contribution in [0.5, 0.6) is 0 Å². The van der Waals surface area contributed by atoms with Crippen molar-refractivity contribution in [1.29, 1.82) is 0 Å². The number of nitrogens with two attached hydrogens (primary N) is 1. The van der Waals surface area contributed by atoms with Crippen molar-refractivity contribution in [2.45, 2.75) is 6.42 Å². The van der Waals surface area contributed by atoms with Crippen LogP contribution in [-0.4, -0.2) is 11.5 Å². The van der Waals surface area contributed by atoms with Crippen molar-refractivity contribution in [2.75, 3.05) is 17.6 Å². The number of halogens is 1. The van der Waals surface area contributed by atoms with Gasteiger partial charge in [0.15, 0.2) is 0 Å². The van der Waals surface area contributed by atoms with Gasteiger partial charge in [-0.25, -0.2) is 4.39 Å². The Bertz CT molecular complexity index is 754. The van der Waals surface area contributed by atoms with Crippen LogP contribution in [0.3, 0.4) is 0 Å². The Morgan fingerprint density at radius 2 is 1.86 bits per heavy atom. The number of fused-ring (bicyclic) bond motifs is 1. The van der Waals surface area contributed by atoms with Crippen molar-refractivity contribution in [3.05, 3.63) is 66.2 Å². The molecular formula is C17H16FN3. The third kappa shape index (κ3) is 2.94. The normalized spacial score (nSPS) is 10.7. The summed E-state index contributed by atoms with van der Waals surface area (Å²) >= 11 is 0. The van der Waals surface area contributed by atoms with Gasteiger partial charge in [-0.2, -0.15) is 0 Å². The van der Waals surface area contributed by atoms with Crippen LogP contribution >= 0.6 is 0 Å². The van der Waals surface area contributed by atoms with Gasteiger partial charge < -0.3 is 11.1 Å². The fourth-order valence-electron chi connectivity index (χ4n) is 2.34. The number of aromatic nitrogens is 1. The van der Waals surface area contributed by atoms with E-state index in [0.29, 0.717) is 0 Å². The van der Waals surface area contributed by atoms with E-state index >= 15 is 0 Å². The first-order chi connectivity index (χ1) is 10.2. The first-order valence-electron chi connectivity index (χ1n) is 6.84. The van der Waals surface area contributed by atoms with Gasteiger partial charge in [-0.15, -0.1) is 0 Å². The standard InChI is InChI=1S/C17H16FN3/c18-14-4-1-12(2-5-14)7-10-21-16-6-3-13-11-20-9-8-15(13)17(16)19/h1-6,8-9,11,21H,7,10,19H2. The molecule has 0 aliphatic heterocycles. The Kier molecular flexibility index (Phi) is 3.69. The second-order valence-corrected chi connectivity index (χ2v) is 4.93. The first-order valence-corrected chi connectivity index (χ1v) is 6.84. The lowest BCUT2D eigenvalue weighted by Gasteiger charge is -2.11. The molecule has 3 nitrogen and oxygen atoms in total. The molecule has 0 saturated heterocycles. The van der Waals surface area contributed by atoms with E-state index in [1.807, 2.05) is 18.2 Å². The summed E-state index contributed by atoms with van der Waals surface area (Å²) in [6, 6.07) is 12.4. The minimum Gasteiger partial charge on any atom is -0.397 e. The van der Waals surface area contributed by atoms with E-state index in [4.69, 9.17) is 5.73 Å². The number of hydrogen-bond acceptors (Lipinski definition) is 3. The van der Waals surface area contributed by atoms with E-state index in [2.05, 4.69) is 10.3 Å². The summed E-state index contributed by atoms with van der Waals surface area (Å²) in [6.45, 7) is 0.742. The van der Waals surface area contributed by atoms with E-state index < -0.39 is 0 Å². The molecule has 0 aliphatic rings. The Hall–Kier alpha value is -2.62. The van der Waals surface area contributed by atoms with Crippen LogP contribution < -0.4 is 11.1 Å². The Balaban J connectivity index is 1.70. The second kappa shape index (κ2) is 5.79. The van der Waals surface area contributed by atoms with Gasteiger partial charge in [0.25, 0.3) is 0 Å². The van der Waals surface area contributed by atoms with Crippen molar-refractivity contribution in [3.63, 3.8) is 0 Å². The smallest absolute Gasteiger partial charge is 0.123 e. The fourth-order valence-corrected chi connectivity index (χ4v) is 2.34. The lowest BCUT2D eigenvalue weighted by atomic mass is 10.1. The van der Waals surface area contributed by atoms with E-state index in [9.17, 15) is 4.39 Å². The molecule has 2 aromatic carbocycles. The van der Waals surface area contributed by atoms with Crippen molar-refractivity contribution < 1.29 is 4.39 Å². The molecule has 4 heteroatoms. The third-order valence-electron chi connectivity index (χ3n) is 3.50. The average Bonchev–Trinajstić information content (AvgIpc) is 2.52. The van der Waals surface area contributed by atoms with E-state index in [0.717, 1.165) is 40.7 Å². The lowest BCUT2D eigenvalue weighted by molar-refractivity contribution is 0.627. The molecule has 3 aromatic rings. The van der Waals surface area contributed by atoms with Crippen LogP contribution in [0.4, 0.5) is 15.8 Å². The molecule has 106 valence electrons. The molecule has 0 unspecified atom stereocenters. The van der Waals surface area contributed by atoms with Crippen LogP contribution in [-0.2, 0) is 6.42 Å². The number of nitrogen functional groups attached to an aromatic ring is 1. The second-order valence-electron chi connectivity index (χ2n) is 4.93. The molecule has 0 spiro atoms. The number of benzene rings is 2. The maximum absolute atomic E-state index is 12.8. The Labute approximate surface area is 122 Å². The Morgan fingerprint density at radius 3 is 2.67 bits per heavy atom. The highest BCUT2D eigenvalue weighted by Gasteiger charge is 2.04. The number of nitrogens with zero attached hydrogens (tertiary/aromatic N) is 1. The van der Waals surface area contributed by atoms with E-state index in [1.165, 1.54) is 12.1 Å². The molecule has 0 bridgehead atoms. The zero-order valence-electron chi connectivity index (χ0n) is 11.5. The van der Waals surface area contributed by atoms with Crippen LogP contribution in [0.1, 0.15) is 5.56 Å². The molecule has 0 amide bonds. The highest BCUT2D eigenvalue weighted by atomic mass is 19.1. The van der Waals surface area contributed by atoms with Gasteiger partial charge >= 0.3 is 0 Å². The number of nitrogens with one attached hydrogen (secondary N) is 1. The molecule has 3 N–H and O–H groups in total. The van der Waals surface area contributed by atoms with Gasteiger partial charge in [-0.1, -0.05) is 18.2 Å². The fraction of sp³-hybridized carbons (Fsp3) is 0.118. The zero-order chi connectivity index (χ0) is 14.7. The lowest BCUT2D eigenvalue weighted by Crippen LogP contribution is -2.07. The molecule has 0 fully saturated rings. The highest BCUT2D eigenvalue weighted by molar-refractivity contribution is 5.98. The zero-order valence-corrected chi connectivity index (χ0v) is 11.5. The van der Waals surface area contributed by atoms with Crippen molar-refractivity contribution in [2.24, 2.45) is 0 Å². The quantitative estimate of drug-likeness (QED) is 0.718.